The second-order valence-electron chi connectivity index (χ2n) is 7.61. The molecule has 0 unspecified atom stereocenters. The first-order chi connectivity index (χ1) is 15.4. The normalized spacial score (nSPS) is 11.7. The zero-order valence-corrected chi connectivity index (χ0v) is 19.3. The Bertz CT molecular complexity index is 1410. The summed E-state index contributed by atoms with van der Waals surface area (Å²) in [5.74, 6) is -0.178. The lowest BCUT2D eigenvalue weighted by molar-refractivity contribution is 0.100. The molecule has 4 aromatic rings. The highest BCUT2D eigenvalue weighted by molar-refractivity contribution is 9.10. The Balaban J connectivity index is 2.00. The molecule has 160 valence electrons. The minimum Gasteiger partial charge on any atom is -0.411 e. The first-order valence-corrected chi connectivity index (χ1v) is 10.9. The van der Waals surface area contributed by atoms with E-state index in [1.165, 1.54) is 6.92 Å². The predicted molar refractivity (Wildman–Crippen MR) is 131 cm³/mol. The zero-order chi connectivity index (χ0) is 22.8. The van der Waals surface area contributed by atoms with Gasteiger partial charge in [-0.1, -0.05) is 75.7 Å². The lowest BCUT2D eigenvalue weighted by atomic mass is 9.95. The Hall–Kier alpha value is -3.51. The number of fused-ring (bicyclic) bond motifs is 1. The number of benzene rings is 3. The summed E-state index contributed by atoms with van der Waals surface area (Å²) >= 11 is 3.50. The van der Waals surface area contributed by atoms with Gasteiger partial charge in [-0.15, -0.1) is 0 Å². The quantitative estimate of drug-likeness (QED) is 0.165. The van der Waals surface area contributed by atoms with Gasteiger partial charge in [-0.3, -0.25) is 14.2 Å². The molecule has 1 heterocycles. The van der Waals surface area contributed by atoms with Crippen LogP contribution in [-0.2, 0) is 6.54 Å². The minimum absolute atomic E-state index is 0.178. The average Bonchev–Trinajstić information content (AvgIpc) is 2.80. The smallest absolute Gasteiger partial charge is 0.259 e. The number of ketones is 1. The maximum absolute atomic E-state index is 13.5. The van der Waals surface area contributed by atoms with E-state index >= 15 is 0 Å². The van der Waals surface area contributed by atoms with E-state index in [1.807, 2.05) is 66.7 Å². The van der Waals surface area contributed by atoms with Crippen molar-refractivity contribution in [1.82, 2.24) is 4.57 Å². The highest BCUT2D eigenvalue weighted by Crippen LogP contribution is 2.33. The van der Waals surface area contributed by atoms with E-state index in [2.05, 4.69) is 21.1 Å². The molecule has 6 heteroatoms. The molecular formula is C26H21BrN2O3. The van der Waals surface area contributed by atoms with Gasteiger partial charge < -0.3 is 5.21 Å². The Kier molecular flexibility index (Phi) is 6.06. The summed E-state index contributed by atoms with van der Waals surface area (Å²) in [5.41, 5.74) is 3.93. The average molecular weight is 489 g/mol. The van der Waals surface area contributed by atoms with Gasteiger partial charge in [0.05, 0.1) is 18.0 Å². The first kappa shape index (κ1) is 21.7. The van der Waals surface area contributed by atoms with Crippen LogP contribution in [0.15, 0.2) is 87.2 Å². The van der Waals surface area contributed by atoms with Gasteiger partial charge in [0.15, 0.2) is 5.78 Å². The number of halogens is 1. The number of nitrogens with zero attached hydrogens (tertiary/aromatic N) is 2. The molecule has 1 N–H and O–H groups in total. The molecule has 3 aromatic carbocycles. The van der Waals surface area contributed by atoms with Crippen LogP contribution in [0.25, 0.3) is 21.9 Å². The summed E-state index contributed by atoms with van der Waals surface area (Å²) in [6, 6.07) is 22.6. The fourth-order valence-corrected chi connectivity index (χ4v) is 4.29. The van der Waals surface area contributed by atoms with Gasteiger partial charge in [0.25, 0.3) is 5.56 Å². The summed E-state index contributed by atoms with van der Waals surface area (Å²) in [6.45, 7) is 3.45. The molecule has 0 aliphatic carbocycles. The number of hydrogen-bond acceptors (Lipinski definition) is 4. The van der Waals surface area contributed by atoms with Crippen molar-refractivity contribution >= 4 is 38.2 Å². The van der Waals surface area contributed by atoms with Gasteiger partial charge in [-0.05, 0) is 47.2 Å². The lowest BCUT2D eigenvalue weighted by Crippen LogP contribution is -2.27. The molecule has 0 fully saturated rings. The van der Waals surface area contributed by atoms with E-state index in [0.717, 1.165) is 32.1 Å². The molecule has 4 rings (SSSR count). The second-order valence-corrected chi connectivity index (χ2v) is 8.53. The van der Waals surface area contributed by atoms with Crippen molar-refractivity contribution in [3.8, 4) is 11.1 Å². The monoisotopic (exact) mass is 488 g/mol. The predicted octanol–water partition coefficient (Wildman–Crippen LogP) is 5.88. The van der Waals surface area contributed by atoms with Crippen molar-refractivity contribution < 1.29 is 10.0 Å². The third-order valence-electron chi connectivity index (χ3n) is 5.49. The summed E-state index contributed by atoms with van der Waals surface area (Å²) < 4.78 is 2.40. The van der Waals surface area contributed by atoms with E-state index in [4.69, 9.17) is 5.21 Å². The van der Waals surface area contributed by atoms with E-state index in [1.54, 1.807) is 17.6 Å². The van der Waals surface area contributed by atoms with Crippen LogP contribution < -0.4 is 5.56 Å². The van der Waals surface area contributed by atoms with Gasteiger partial charge in [0.2, 0.25) is 0 Å². The summed E-state index contributed by atoms with van der Waals surface area (Å²) in [6.07, 6.45) is 0. The number of carbonyl (C=O) groups is 1. The van der Waals surface area contributed by atoms with Crippen LogP contribution in [0.5, 0.6) is 0 Å². The number of carbonyl (C=O) groups excluding carboxylic acids is 1. The molecule has 0 aliphatic rings. The van der Waals surface area contributed by atoms with Crippen LogP contribution in [0, 0.1) is 0 Å². The zero-order valence-electron chi connectivity index (χ0n) is 17.7. The summed E-state index contributed by atoms with van der Waals surface area (Å²) in [7, 11) is 0. The lowest BCUT2D eigenvalue weighted by Gasteiger charge is -2.19. The van der Waals surface area contributed by atoms with E-state index in [9.17, 15) is 9.59 Å². The number of hydrogen-bond donors (Lipinski definition) is 1. The molecule has 0 spiro atoms. The largest absolute Gasteiger partial charge is 0.411 e. The minimum atomic E-state index is -0.213. The molecule has 5 nitrogen and oxygen atoms in total. The van der Waals surface area contributed by atoms with Gasteiger partial charge in [0.1, 0.15) is 0 Å². The number of rotatable bonds is 5. The Morgan fingerprint density at radius 3 is 2.28 bits per heavy atom. The van der Waals surface area contributed by atoms with Crippen molar-refractivity contribution in [2.75, 3.05) is 0 Å². The van der Waals surface area contributed by atoms with E-state index in [-0.39, 0.29) is 17.9 Å². The number of aromatic nitrogens is 1. The third-order valence-corrected chi connectivity index (χ3v) is 5.98. The molecule has 0 aliphatic heterocycles. The van der Waals surface area contributed by atoms with Crippen molar-refractivity contribution in [3.63, 3.8) is 0 Å². The fraction of sp³-hybridized carbons (Fsp3) is 0.115. The van der Waals surface area contributed by atoms with E-state index < -0.39 is 0 Å². The topological polar surface area (TPSA) is 71.7 Å². The highest BCUT2D eigenvalue weighted by Gasteiger charge is 2.21. The Labute approximate surface area is 193 Å². The van der Waals surface area contributed by atoms with Crippen molar-refractivity contribution in [2.45, 2.75) is 20.4 Å². The standard InChI is InChI=1S/C26H21BrN2O3/c1-16(28-32)19-10-8-18(9-11-19)15-29-25(17(2)30)24(20-6-4-3-5-7-20)23-14-21(27)12-13-22(23)26(29)31/h3-14,32H,15H2,1-2H3. The molecule has 0 saturated heterocycles. The molecule has 32 heavy (non-hydrogen) atoms. The van der Waals surface area contributed by atoms with Crippen LogP contribution >= 0.6 is 15.9 Å². The van der Waals surface area contributed by atoms with Crippen LogP contribution in [0.2, 0.25) is 0 Å². The summed E-state index contributed by atoms with van der Waals surface area (Å²) in [4.78, 5) is 26.4. The second kappa shape index (κ2) is 8.93. The van der Waals surface area contributed by atoms with Crippen LogP contribution in [0.4, 0.5) is 0 Å². The summed E-state index contributed by atoms with van der Waals surface area (Å²) in [5, 5.41) is 13.5. The van der Waals surface area contributed by atoms with Gasteiger partial charge in [-0.2, -0.15) is 0 Å². The maximum Gasteiger partial charge on any atom is 0.259 e. The number of oxime groups is 1. The molecule has 0 saturated carbocycles. The Morgan fingerprint density at radius 2 is 1.66 bits per heavy atom. The van der Waals surface area contributed by atoms with Crippen LogP contribution in [0.3, 0.4) is 0 Å². The highest BCUT2D eigenvalue weighted by atomic mass is 79.9. The van der Waals surface area contributed by atoms with Crippen molar-refractivity contribution in [2.24, 2.45) is 5.16 Å². The van der Waals surface area contributed by atoms with Crippen LogP contribution in [0.1, 0.15) is 35.5 Å². The Morgan fingerprint density at radius 1 is 0.969 bits per heavy atom. The SMILES string of the molecule is CC(=O)c1c(-c2ccccc2)c2cc(Br)ccc2c(=O)n1Cc1ccc(C(C)=NO)cc1. The van der Waals surface area contributed by atoms with Crippen LogP contribution in [-0.4, -0.2) is 21.3 Å². The number of Topliss-reactive ketones (excluding diaryl/α,β-unsaturated/α-hetero) is 1. The molecule has 0 atom stereocenters. The first-order valence-electron chi connectivity index (χ1n) is 10.1. The number of pyridine rings is 1. The molecule has 0 radical (unpaired) electrons. The molecular weight excluding hydrogens is 468 g/mol. The van der Waals surface area contributed by atoms with Crippen molar-refractivity contribution in [3.05, 3.63) is 104 Å². The van der Waals surface area contributed by atoms with Gasteiger partial charge >= 0.3 is 0 Å². The van der Waals surface area contributed by atoms with Crippen molar-refractivity contribution in [1.29, 1.82) is 0 Å². The molecule has 1 aromatic heterocycles. The van der Waals surface area contributed by atoms with E-state index in [0.29, 0.717) is 16.8 Å². The van der Waals surface area contributed by atoms with Gasteiger partial charge in [0, 0.05) is 22.3 Å². The van der Waals surface area contributed by atoms with Gasteiger partial charge in [-0.25, -0.2) is 0 Å². The third kappa shape index (κ3) is 4.01. The maximum atomic E-state index is 13.5. The molecule has 0 amide bonds. The molecule has 0 bridgehead atoms. The fourth-order valence-electron chi connectivity index (χ4n) is 3.92.